The van der Waals surface area contributed by atoms with E-state index in [1.165, 1.54) is 0 Å². The largest absolute Gasteiger partial charge is 0.415 e. The minimum Gasteiger partial charge on any atom is -0.409 e. The van der Waals surface area contributed by atoms with Crippen molar-refractivity contribution in [1.29, 1.82) is 0 Å². The quantitative estimate of drug-likeness (QED) is 0.851. The van der Waals surface area contributed by atoms with E-state index in [0.717, 1.165) is 37.2 Å². The molecule has 2 aromatic rings. The molecule has 0 aliphatic carbocycles. The molecule has 0 bridgehead atoms. The summed E-state index contributed by atoms with van der Waals surface area (Å²) in [6.07, 6.45) is 1.57. The molecule has 19 heavy (non-hydrogen) atoms. The first-order chi connectivity index (χ1) is 9.26. The second-order valence-electron chi connectivity index (χ2n) is 5.41. The van der Waals surface area contributed by atoms with Crippen molar-refractivity contribution in [2.45, 2.75) is 0 Å². The lowest BCUT2D eigenvalue weighted by Crippen LogP contribution is -2.67. The second kappa shape index (κ2) is 3.74. The molecule has 5 nitrogen and oxygen atoms in total. The lowest BCUT2D eigenvalue weighted by molar-refractivity contribution is -0.177. The first-order valence-corrected chi connectivity index (χ1v) is 6.36. The van der Waals surface area contributed by atoms with Crippen LogP contribution in [0.1, 0.15) is 0 Å². The zero-order valence-corrected chi connectivity index (χ0v) is 10.4. The molecule has 0 unspecified atom stereocenters. The molecule has 0 saturated carbocycles. The Morgan fingerprint density at radius 1 is 1.32 bits per heavy atom. The molecule has 2 aliphatic rings. The van der Waals surface area contributed by atoms with Gasteiger partial charge in [0.15, 0.2) is 0 Å². The summed E-state index contributed by atoms with van der Waals surface area (Å²) in [6, 6.07) is 7.56. The maximum atomic E-state index is 12.0. The molecule has 1 spiro atoms. The van der Waals surface area contributed by atoms with Crippen LogP contribution in [-0.2, 0) is 4.74 Å². The monoisotopic (exact) mass is 258 g/mol. The molecule has 2 fully saturated rings. The van der Waals surface area contributed by atoms with Gasteiger partial charge < -0.3 is 19.4 Å². The van der Waals surface area contributed by atoms with E-state index >= 15 is 0 Å². The molecule has 1 N–H and O–H groups in total. The fourth-order valence-electron chi connectivity index (χ4n) is 2.77. The van der Waals surface area contributed by atoms with Crippen LogP contribution in [0.3, 0.4) is 0 Å². The molecule has 0 atom stereocenters. The molecule has 3 heterocycles. The maximum absolute atomic E-state index is 12.0. The highest BCUT2D eigenvalue weighted by Crippen LogP contribution is 2.38. The number of nitrogens with zero attached hydrogens (tertiary/aromatic N) is 1. The number of rotatable bonds is 1. The number of likely N-dealkylation sites (tertiary alicyclic amines) is 1. The molecule has 1 aromatic carbocycles. The summed E-state index contributed by atoms with van der Waals surface area (Å²) in [7, 11) is 0. The van der Waals surface area contributed by atoms with Crippen LogP contribution in [0.5, 0.6) is 5.75 Å². The van der Waals surface area contributed by atoms with Crippen molar-refractivity contribution in [1.82, 2.24) is 9.88 Å². The van der Waals surface area contributed by atoms with Crippen molar-refractivity contribution in [2.24, 2.45) is 5.41 Å². The van der Waals surface area contributed by atoms with Gasteiger partial charge in [0.05, 0.1) is 18.6 Å². The van der Waals surface area contributed by atoms with Crippen LogP contribution in [0, 0.1) is 5.41 Å². The number of benzene rings is 1. The Morgan fingerprint density at radius 3 is 2.89 bits per heavy atom. The third-order valence-electron chi connectivity index (χ3n) is 3.88. The minimum atomic E-state index is -0.272. The predicted octanol–water partition coefficient (Wildman–Crippen LogP) is 2.00. The highest BCUT2D eigenvalue weighted by Gasteiger charge is 2.51. The summed E-state index contributed by atoms with van der Waals surface area (Å²) < 4.78 is 10.7. The maximum Gasteiger partial charge on any atom is 0.415 e. The lowest BCUT2D eigenvalue weighted by atomic mass is 9.78. The minimum absolute atomic E-state index is 0.221. The number of nitrogens with one attached hydrogen (secondary N) is 1. The first-order valence-electron chi connectivity index (χ1n) is 6.36. The van der Waals surface area contributed by atoms with E-state index in [1.54, 1.807) is 4.90 Å². The fraction of sp³-hybridized carbons (Fsp3) is 0.357. The van der Waals surface area contributed by atoms with E-state index in [2.05, 4.69) is 4.98 Å². The predicted molar refractivity (Wildman–Crippen MR) is 69.1 cm³/mol. The van der Waals surface area contributed by atoms with Crippen molar-refractivity contribution in [3.8, 4) is 5.75 Å². The normalized spacial score (nSPS) is 20.1. The first kappa shape index (κ1) is 10.9. The van der Waals surface area contributed by atoms with Gasteiger partial charge in [-0.05, 0) is 18.2 Å². The summed E-state index contributed by atoms with van der Waals surface area (Å²) >= 11 is 0. The molecule has 2 saturated heterocycles. The molecule has 1 aromatic heterocycles. The molecular formula is C14H14N2O3. The van der Waals surface area contributed by atoms with E-state index in [4.69, 9.17) is 9.47 Å². The lowest BCUT2D eigenvalue weighted by Gasteiger charge is -2.54. The van der Waals surface area contributed by atoms with Crippen LogP contribution in [0.4, 0.5) is 4.79 Å². The molecule has 4 rings (SSSR count). The third kappa shape index (κ3) is 1.62. The zero-order chi connectivity index (χ0) is 12.9. The number of hydrogen-bond acceptors (Lipinski definition) is 3. The summed E-state index contributed by atoms with van der Waals surface area (Å²) in [4.78, 5) is 16.9. The van der Waals surface area contributed by atoms with Crippen molar-refractivity contribution in [3.63, 3.8) is 0 Å². The Bertz CT molecular complexity index is 637. The topological polar surface area (TPSA) is 54.6 Å². The van der Waals surface area contributed by atoms with E-state index < -0.39 is 0 Å². The number of carbonyl (C=O) groups is 1. The van der Waals surface area contributed by atoms with Gasteiger partial charge in [-0.3, -0.25) is 0 Å². The van der Waals surface area contributed by atoms with E-state index in [9.17, 15) is 4.79 Å². The third-order valence-corrected chi connectivity index (χ3v) is 3.88. The van der Waals surface area contributed by atoms with E-state index in [0.29, 0.717) is 5.75 Å². The van der Waals surface area contributed by atoms with Crippen molar-refractivity contribution in [3.05, 3.63) is 30.5 Å². The number of aromatic amines is 1. The van der Waals surface area contributed by atoms with Gasteiger partial charge in [0.1, 0.15) is 5.75 Å². The Labute approximate surface area is 110 Å². The number of hydrogen-bond donors (Lipinski definition) is 1. The number of H-pyrrole nitrogens is 1. The number of aromatic nitrogens is 1. The van der Waals surface area contributed by atoms with E-state index in [1.807, 2.05) is 30.5 Å². The Hall–Kier alpha value is -2.01. The van der Waals surface area contributed by atoms with Gasteiger partial charge in [0, 0.05) is 30.2 Å². The molecule has 1 amide bonds. The van der Waals surface area contributed by atoms with Crippen LogP contribution in [0.15, 0.2) is 30.5 Å². The summed E-state index contributed by atoms with van der Waals surface area (Å²) in [6.45, 7) is 3.03. The number of amides is 1. The number of ether oxygens (including phenoxy) is 2. The summed E-state index contributed by atoms with van der Waals surface area (Å²) in [5.41, 5.74) is 1.19. The SMILES string of the molecule is O=C(Oc1cccc2[nH]ccc12)N1CC2(COC2)C1. The Balaban J connectivity index is 1.49. The van der Waals surface area contributed by atoms with Gasteiger partial charge in [-0.1, -0.05) is 6.07 Å². The zero-order valence-electron chi connectivity index (χ0n) is 10.4. The second-order valence-corrected chi connectivity index (χ2v) is 5.41. The average molecular weight is 258 g/mol. The van der Waals surface area contributed by atoms with Crippen molar-refractivity contribution < 1.29 is 14.3 Å². The van der Waals surface area contributed by atoms with Crippen LogP contribution in [-0.4, -0.2) is 42.3 Å². The van der Waals surface area contributed by atoms with Gasteiger partial charge >= 0.3 is 6.09 Å². The molecule has 2 aliphatic heterocycles. The van der Waals surface area contributed by atoms with Crippen molar-refractivity contribution >= 4 is 17.0 Å². The van der Waals surface area contributed by atoms with E-state index in [-0.39, 0.29) is 11.5 Å². The van der Waals surface area contributed by atoms with Crippen LogP contribution in [0.25, 0.3) is 10.9 Å². The molecular weight excluding hydrogens is 244 g/mol. The van der Waals surface area contributed by atoms with Crippen LogP contribution >= 0.6 is 0 Å². The fourth-order valence-corrected chi connectivity index (χ4v) is 2.77. The molecule has 5 heteroatoms. The highest BCUT2D eigenvalue weighted by atomic mass is 16.6. The van der Waals surface area contributed by atoms with Gasteiger partial charge in [0.25, 0.3) is 0 Å². The standard InChI is InChI=1S/C14H14N2O3/c17-13(16-6-14(7-16)8-18-9-14)19-12-3-1-2-11-10(12)4-5-15-11/h1-5,15H,6-9H2. The highest BCUT2D eigenvalue weighted by molar-refractivity contribution is 5.88. The Kier molecular flexibility index (Phi) is 2.14. The average Bonchev–Trinajstić information content (AvgIpc) is 2.74. The van der Waals surface area contributed by atoms with Gasteiger partial charge in [0.2, 0.25) is 0 Å². The number of carbonyl (C=O) groups excluding carboxylic acids is 1. The van der Waals surface area contributed by atoms with Gasteiger partial charge in [-0.25, -0.2) is 4.79 Å². The van der Waals surface area contributed by atoms with Crippen molar-refractivity contribution in [2.75, 3.05) is 26.3 Å². The summed E-state index contributed by atoms with van der Waals surface area (Å²) in [5.74, 6) is 0.606. The summed E-state index contributed by atoms with van der Waals surface area (Å²) in [5, 5.41) is 0.929. The molecule has 0 radical (unpaired) electrons. The van der Waals surface area contributed by atoms with Gasteiger partial charge in [-0.2, -0.15) is 0 Å². The smallest absolute Gasteiger partial charge is 0.409 e. The molecule has 98 valence electrons. The Morgan fingerprint density at radius 2 is 2.16 bits per heavy atom. The van der Waals surface area contributed by atoms with Gasteiger partial charge in [-0.15, -0.1) is 0 Å². The van der Waals surface area contributed by atoms with Crippen LogP contribution in [0.2, 0.25) is 0 Å². The van der Waals surface area contributed by atoms with Crippen LogP contribution < -0.4 is 4.74 Å². The number of fused-ring (bicyclic) bond motifs is 1.